The van der Waals surface area contributed by atoms with Crippen LogP contribution in [0.3, 0.4) is 0 Å². The van der Waals surface area contributed by atoms with Crippen molar-refractivity contribution in [1.82, 2.24) is 10.3 Å². The minimum atomic E-state index is -0.187. The molecule has 102 valence electrons. The van der Waals surface area contributed by atoms with Gasteiger partial charge in [-0.3, -0.25) is 15.1 Å². The molecular weight excluding hydrogens is 238 g/mol. The lowest BCUT2D eigenvalue weighted by molar-refractivity contribution is -0.120. The van der Waals surface area contributed by atoms with Crippen LogP contribution < -0.4 is 11.3 Å². The number of hydrogen-bond acceptors (Lipinski definition) is 3. The lowest BCUT2D eigenvalue weighted by Crippen LogP contribution is -2.31. The van der Waals surface area contributed by atoms with Crippen LogP contribution in [0, 0.1) is 0 Å². The van der Waals surface area contributed by atoms with Gasteiger partial charge in [-0.05, 0) is 11.1 Å². The summed E-state index contributed by atoms with van der Waals surface area (Å²) >= 11 is 0. The third-order valence-corrected chi connectivity index (χ3v) is 2.73. The van der Waals surface area contributed by atoms with Crippen molar-refractivity contribution in [3.8, 4) is 0 Å². The van der Waals surface area contributed by atoms with Gasteiger partial charge in [0, 0.05) is 19.6 Å². The van der Waals surface area contributed by atoms with Gasteiger partial charge in [-0.1, -0.05) is 36.4 Å². The number of hydrazine groups is 1. The van der Waals surface area contributed by atoms with Gasteiger partial charge in [-0.15, -0.1) is 13.2 Å². The van der Waals surface area contributed by atoms with Gasteiger partial charge in [0.05, 0.1) is 6.42 Å². The van der Waals surface area contributed by atoms with E-state index in [-0.39, 0.29) is 5.91 Å². The monoisotopic (exact) mass is 259 g/mol. The van der Waals surface area contributed by atoms with E-state index in [4.69, 9.17) is 5.84 Å². The average molecular weight is 259 g/mol. The summed E-state index contributed by atoms with van der Waals surface area (Å²) in [5, 5.41) is 0. The van der Waals surface area contributed by atoms with E-state index >= 15 is 0 Å². The van der Waals surface area contributed by atoms with E-state index in [1.165, 1.54) is 5.56 Å². The molecular formula is C15H21N3O. The van der Waals surface area contributed by atoms with Crippen LogP contribution in [0.15, 0.2) is 49.6 Å². The quantitative estimate of drug-likeness (QED) is 0.321. The fourth-order valence-electron chi connectivity index (χ4n) is 1.83. The number of nitrogens with two attached hydrogens (primary N) is 1. The average Bonchev–Trinajstić information content (AvgIpc) is 2.41. The molecule has 1 amide bonds. The van der Waals surface area contributed by atoms with Crippen LogP contribution in [-0.2, 0) is 17.8 Å². The highest BCUT2D eigenvalue weighted by Crippen LogP contribution is 2.08. The van der Waals surface area contributed by atoms with E-state index in [1.54, 1.807) is 0 Å². The minimum absolute atomic E-state index is 0.187. The molecule has 0 saturated heterocycles. The first-order valence-corrected chi connectivity index (χ1v) is 6.21. The first-order chi connectivity index (χ1) is 9.19. The van der Waals surface area contributed by atoms with Gasteiger partial charge in [0.1, 0.15) is 0 Å². The maximum atomic E-state index is 11.1. The highest BCUT2D eigenvalue weighted by molar-refractivity contribution is 5.77. The van der Waals surface area contributed by atoms with Gasteiger partial charge in [-0.25, -0.2) is 5.84 Å². The molecule has 0 bridgehead atoms. The van der Waals surface area contributed by atoms with Crippen molar-refractivity contribution in [2.45, 2.75) is 13.0 Å². The molecule has 0 fully saturated rings. The van der Waals surface area contributed by atoms with Crippen molar-refractivity contribution >= 4 is 5.91 Å². The van der Waals surface area contributed by atoms with Crippen molar-refractivity contribution < 1.29 is 4.79 Å². The summed E-state index contributed by atoms with van der Waals surface area (Å²) in [7, 11) is 0. The normalized spacial score (nSPS) is 10.2. The highest BCUT2D eigenvalue weighted by atomic mass is 16.2. The summed E-state index contributed by atoms with van der Waals surface area (Å²) in [5.74, 6) is 4.87. The molecule has 0 radical (unpaired) electrons. The summed E-state index contributed by atoms with van der Waals surface area (Å²) in [6.07, 6.45) is 4.06. The summed E-state index contributed by atoms with van der Waals surface area (Å²) in [4.78, 5) is 13.4. The number of nitrogens with one attached hydrogen (secondary N) is 1. The largest absolute Gasteiger partial charge is 0.294 e. The van der Waals surface area contributed by atoms with Gasteiger partial charge >= 0.3 is 0 Å². The van der Waals surface area contributed by atoms with Crippen LogP contribution in [0.5, 0.6) is 0 Å². The van der Waals surface area contributed by atoms with E-state index in [1.807, 2.05) is 36.4 Å². The Morgan fingerprint density at radius 2 is 1.68 bits per heavy atom. The molecule has 0 aromatic heterocycles. The Labute approximate surface area is 114 Å². The first-order valence-electron chi connectivity index (χ1n) is 6.21. The number of hydrogen-bond donors (Lipinski definition) is 2. The zero-order valence-electron chi connectivity index (χ0n) is 11.1. The molecule has 1 aromatic rings. The van der Waals surface area contributed by atoms with Crippen molar-refractivity contribution in [1.29, 1.82) is 0 Å². The number of amides is 1. The number of nitrogens with zero attached hydrogens (tertiary/aromatic N) is 1. The topological polar surface area (TPSA) is 58.4 Å². The van der Waals surface area contributed by atoms with E-state index in [0.717, 1.165) is 25.2 Å². The first kappa shape index (κ1) is 15.1. The van der Waals surface area contributed by atoms with E-state index < -0.39 is 0 Å². The summed E-state index contributed by atoms with van der Waals surface area (Å²) in [5.41, 5.74) is 4.27. The predicted molar refractivity (Wildman–Crippen MR) is 78.1 cm³/mol. The highest BCUT2D eigenvalue weighted by Gasteiger charge is 2.04. The second kappa shape index (κ2) is 8.24. The molecule has 0 heterocycles. The minimum Gasteiger partial charge on any atom is -0.294 e. The molecule has 0 atom stereocenters. The lowest BCUT2D eigenvalue weighted by Gasteiger charge is -2.18. The van der Waals surface area contributed by atoms with Crippen LogP contribution in [0.2, 0.25) is 0 Å². The SMILES string of the molecule is C=CCN(CC=C)Cc1ccc(CC(=O)NN)cc1. The molecule has 0 aliphatic heterocycles. The molecule has 0 aliphatic rings. The molecule has 1 aromatic carbocycles. The third kappa shape index (κ3) is 5.50. The molecule has 19 heavy (non-hydrogen) atoms. The molecule has 3 N–H and O–H groups in total. The molecule has 0 spiro atoms. The van der Waals surface area contributed by atoms with E-state index in [9.17, 15) is 4.79 Å². The van der Waals surface area contributed by atoms with Crippen LogP contribution in [-0.4, -0.2) is 23.9 Å². The summed E-state index contributed by atoms with van der Waals surface area (Å²) in [6.45, 7) is 9.98. The molecule has 0 aliphatic carbocycles. The molecule has 0 saturated carbocycles. The Balaban J connectivity index is 2.61. The van der Waals surface area contributed by atoms with Crippen molar-refractivity contribution in [3.63, 3.8) is 0 Å². The van der Waals surface area contributed by atoms with Crippen molar-refractivity contribution in [3.05, 3.63) is 60.7 Å². The van der Waals surface area contributed by atoms with Gasteiger partial charge in [0.15, 0.2) is 0 Å². The van der Waals surface area contributed by atoms with Crippen molar-refractivity contribution in [2.24, 2.45) is 5.84 Å². The second-order valence-electron chi connectivity index (χ2n) is 4.33. The molecule has 4 nitrogen and oxygen atoms in total. The second-order valence-corrected chi connectivity index (χ2v) is 4.33. The van der Waals surface area contributed by atoms with Gasteiger partial charge in [0.25, 0.3) is 0 Å². The van der Waals surface area contributed by atoms with E-state index in [0.29, 0.717) is 6.42 Å². The third-order valence-electron chi connectivity index (χ3n) is 2.73. The van der Waals surface area contributed by atoms with Gasteiger partial charge in [0.2, 0.25) is 5.91 Å². The van der Waals surface area contributed by atoms with Crippen molar-refractivity contribution in [2.75, 3.05) is 13.1 Å². The summed E-state index contributed by atoms with van der Waals surface area (Å²) in [6, 6.07) is 7.95. The molecule has 4 heteroatoms. The molecule has 0 unspecified atom stereocenters. The maximum Gasteiger partial charge on any atom is 0.238 e. The fraction of sp³-hybridized carbons (Fsp3) is 0.267. The van der Waals surface area contributed by atoms with Crippen LogP contribution in [0.1, 0.15) is 11.1 Å². The van der Waals surface area contributed by atoms with Crippen LogP contribution in [0.4, 0.5) is 0 Å². The van der Waals surface area contributed by atoms with Gasteiger partial charge in [-0.2, -0.15) is 0 Å². The Bertz CT molecular complexity index is 416. The number of carbonyl (C=O) groups is 1. The molecule has 1 rings (SSSR count). The zero-order valence-corrected chi connectivity index (χ0v) is 11.1. The number of rotatable bonds is 8. The Morgan fingerprint density at radius 3 is 2.16 bits per heavy atom. The fourth-order valence-corrected chi connectivity index (χ4v) is 1.83. The van der Waals surface area contributed by atoms with E-state index in [2.05, 4.69) is 23.5 Å². The Hall–Kier alpha value is -1.91. The smallest absolute Gasteiger partial charge is 0.238 e. The Kier molecular flexibility index (Phi) is 6.57. The lowest BCUT2D eigenvalue weighted by atomic mass is 10.1. The Morgan fingerprint density at radius 1 is 1.16 bits per heavy atom. The standard InChI is InChI=1S/C15H21N3O/c1-3-9-18(10-4-2)12-14-7-5-13(6-8-14)11-15(19)17-16/h3-8H,1-2,9-12,16H2,(H,17,19). The summed E-state index contributed by atoms with van der Waals surface area (Å²) < 4.78 is 0. The maximum absolute atomic E-state index is 11.1. The van der Waals surface area contributed by atoms with Crippen LogP contribution in [0.25, 0.3) is 0 Å². The number of carbonyl (C=O) groups excluding carboxylic acids is 1. The van der Waals surface area contributed by atoms with Gasteiger partial charge < -0.3 is 0 Å². The predicted octanol–water partition coefficient (Wildman–Crippen LogP) is 1.39. The van der Waals surface area contributed by atoms with Crippen LogP contribution >= 0.6 is 0 Å². The zero-order chi connectivity index (χ0) is 14.1. The number of benzene rings is 1.